The molecule has 2 rings (SSSR count). The van der Waals surface area contributed by atoms with E-state index >= 15 is 0 Å². The maximum Gasteiger partial charge on any atom is 0.304 e. The summed E-state index contributed by atoms with van der Waals surface area (Å²) >= 11 is 6.02. The lowest BCUT2D eigenvalue weighted by Gasteiger charge is -2.23. The second-order valence-electron chi connectivity index (χ2n) is 4.60. The molecule has 1 aliphatic rings. The Morgan fingerprint density at radius 2 is 2.33 bits per heavy atom. The van der Waals surface area contributed by atoms with Crippen LogP contribution in [0.15, 0.2) is 18.2 Å². The van der Waals surface area contributed by atoms with E-state index in [9.17, 15) is 9.18 Å². The second-order valence-corrected chi connectivity index (χ2v) is 5.01. The minimum atomic E-state index is -0.794. The summed E-state index contributed by atoms with van der Waals surface area (Å²) in [6.45, 7) is 1.35. The highest BCUT2D eigenvalue weighted by molar-refractivity contribution is 6.31. The molecule has 1 aromatic rings. The van der Waals surface area contributed by atoms with Gasteiger partial charge in [-0.15, -0.1) is 0 Å². The molecule has 0 aromatic heterocycles. The summed E-state index contributed by atoms with van der Waals surface area (Å²) in [5.74, 6) is -1.11. The van der Waals surface area contributed by atoms with Crippen molar-refractivity contribution in [2.75, 3.05) is 6.54 Å². The number of carboxylic acids is 1. The van der Waals surface area contributed by atoms with E-state index in [1.165, 1.54) is 18.2 Å². The molecular formula is C13H15ClFNO2. The third-order valence-electron chi connectivity index (χ3n) is 3.29. The molecule has 0 saturated carbocycles. The first kappa shape index (κ1) is 13.3. The predicted octanol–water partition coefficient (Wildman–Crippen LogP) is 2.92. The second kappa shape index (κ2) is 5.67. The van der Waals surface area contributed by atoms with Crippen LogP contribution in [-0.2, 0) is 11.3 Å². The Labute approximate surface area is 110 Å². The van der Waals surface area contributed by atoms with E-state index in [-0.39, 0.29) is 18.3 Å². The summed E-state index contributed by atoms with van der Waals surface area (Å²) in [4.78, 5) is 12.8. The van der Waals surface area contributed by atoms with Crippen LogP contribution in [0, 0.1) is 5.82 Å². The van der Waals surface area contributed by atoms with Crippen molar-refractivity contribution in [1.82, 2.24) is 4.90 Å². The van der Waals surface area contributed by atoms with Gasteiger partial charge in [-0.25, -0.2) is 4.39 Å². The molecular weight excluding hydrogens is 257 g/mol. The van der Waals surface area contributed by atoms with E-state index in [0.29, 0.717) is 17.1 Å². The summed E-state index contributed by atoms with van der Waals surface area (Å²) in [7, 11) is 0. The van der Waals surface area contributed by atoms with Crippen molar-refractivity contribution >= 4 is 17.6 Å². The molecule has 1 atom stereocenters. The van der Waals surface area contributed by atoms with E-state index in [2.05, 4.69) is 4.90 Å². The van der Waals surface area contributed by atoms with Crippen LogP contribution >= 0.6 is 11.6 Å². The Balaban J connectivity index is 2.08. The highest BCUT2D eigenvalue weighted by atomic mass is 35.5. The van der Waals surface area contributed by atoms with Gasteiger partial charge in [-0.2, -0.15) is 0 Å². The first-order valence-corrected chi connectivity index (χ1v) is 6.34. The molecule has 18 heavy (non-hydrogen) atoms. The van der Waals surface area contributed by atoms with E-state index in [1.54, 1.807) is 0 Å². The van der Waals surface area contributed by atoms with Crippen LogP contribution in [0.2, 0.25) is 5.02 Å². The Bertz CT molecular complexity index is 453. The fourth-order valence-electron chi connectivity index (χ4n) is 2.42. The number of aliphatic carboxylic acids is 1. The number of carbonyl (C=O) groups is 1. The third-order valence-corrected chi connectivity index (χ3v) is 3.66. The number of hydrogen-bond acceptors (Lipinski definition) is 2. The van der Waals surface area contributed by atoms with Crippen LogP contribution < -0.4 is 0 Å². The van der Waals surface area contributed by atoms with E-state index in [4.69, 9.17) is 16.7 Å². The lowest BCUT2D eigenvalue weighted by Crippen LogP contribution is -2.31. The Morgan fingerprint density at radius 3 is 3.06 bits per heavy atom. The van der Waals surface area contributed by atoms with Gasteiger partial charge in [-0.1, -0.05) is 11.6 Å². The number of likely N-dealkylation sites (tertiary alicyclic amines) is 1. The fourth-order valence-corrected chi connectivity index (χ4v) is 2.60. The normalized spacial score (nSPS) is 20.2. The van der Waals surface area contributed by atoms with Crippen molar-refractivity contribution in [3.63, 3.8) is 0 Å². The molecule has 1 aromatic carbocycles. The van der Waals surface area contributed by atoms with Crippen LogP contribution in [0.4, 0.5) is 4.39 Å². The molecule has 0 radical (unpaired) electrons. The van der Waals surface area contributed by atoms with Crippen LogP contribution in [0.25, 0.3) is 0 Å². The van der Waals surface area contributed by atoms with Crippen LogP contribution in [0.3, 0.4) is 0 Å². The molecule has 3 nitrogen and oxygen atoms in total. The average Bonchev–Trinajstić information content (AvgIpc) is 2.70. The van der Waals surface area contributed by atoms with E-state index in [1.807, 2.05) is 0 Å². The van der Waals surface area contributed by atoms with Crippen LogP contribution in [-0.4, -0.2) is 28.6 Å². The summed E-state index contributed by atoms with van der Waals surface area (Å²) in [6, 6.07) is 4.30. The first-order valence-electron chi connectivity index (χ1n) is 5.96. The van der Waals surface area contributed by atoms with Crippen molar-refractivity contribution in [2.45, 2.75) is 31.8 Å². The molecule has 0 aliphatic carbocycles. The van der Waals surface area contributed by atoms with Gasteiger partial charge in [0.15, 0.2) is 0 Å². The Morgan fingerprint density at radius 1 is 1.56 bits per heavy atom. The largest absolute Gasteiger partial charge is 0.481 e. The molecule has 0 amide bonds. The van der Waals surface area contributed by atoms with Gasteiger partial charge in [0.25, 0.3) is 0 Å². The van der Waals surface area contributed by atoms with Crippen LogP contribution in [0.1, 0.15) is 24.8 Å². The van der Waals surface area contributed by atoms with Gasteiger partial charge < -0.3 is 5.11 Å². The Hall–Kier alpha value is -1.13. The zero-order valence-corrected chi connectivity index (χ0v) is 10.7. The van der Waals surface area contributed by atoms with Gasteiger partial charge in [-0.05, 0) is 43.1 Å². The van der Waals surface area contributed by atoms with Gasteiger partial charge in [0, 0.05) is 17.6 Å². The van der Waals surface area contributed by atoms with Crippen molar-refractivity contribution in [1.29, 1.82) is 0 Å². The maximum atomic E-state index is 13.2. The standard InChI is InChI=1S/C13H15ClFNO2/c14-12-4-3-10(15)6-9(12)8-16-5-1-2-11(16)7-13(17)18/h3-4,6,11H,1-2,5,7-8H2,(H,17,18). The van der Waals surface area contributed by atoms with Gasteiger partial charge in [0.2, 0.25) is 0 Å². The smallest absolute Gasteiger partial charge is 0.304 e. The fraction of sp³-hybridized carbons (Fsp3) is 0.462. The maximum absolute atomic E-state index is 13.2. The number of rotatable bonds is 4. The molecule has 1 N–H and O–H groups in total. The quantitative estimate of drug-likeness (QED) is 0.915. The van der Waals surface area contributed by atoms with E-state index < -0.39 is 5.97 Å². The molecule has 0 spiro atoms. The predicted molar refractivity (Wildman–Crippen MR) is 67.1 cm³/mol. The van der Waals surface area contributed by atoms with Crippen molar-refractivity contribution in [3.8, 4) is 0 Å². The molecule has 98 valence electrons. The summed E-state index contributed by atoms with van der Waals surface area (Å²) < 4.78 is 13.2. The lowest BCUT2D eigenvalue weighted by molar-refractivity contribution is -0.138. The summed E-state index contributed by atoms with van der Waals surface area (Å²) in [5, 5.41) is 9.37. The third kappa shape index (κ3) is 3.21. The van der Waals surface area contributed by atoms with Gasteiger partial charge in [0.05, 0.1) is 6.42 Å². The highest BCUT2D eigenvalue weighted by Crippen LogP contribution is 2.25. The first-order chi connectivity index (χ1) is 8.56. The Kier molecular flexibility index (Phi) is 4.19. The number of hydrogen-bond donors (Lipinski definition) is 1. The zero-order chi connectivity index (χ0) is 13.1. The number of benzene rings is 1. The minimum Gasteiger partial charge on any atom is -0.481 e. The highest BCUT2D eigenvalue weighted by Gasteiger charge is 2.26. The van der Waals surface area contributed by atoms with Crippen LogP contribution in [0.5, 0.6) is 0 Å². The molecule has 1 fully saturated rings. The molecule has 5 heteroatoms. The topological polar surface area (TPSA) is 40.5 Å². The molecule has 1 saturated heterocycles. The van der Waals surface area contributed by atoms with Gasteiger partial charge >= 0.3 is 5.97 Å². The summed E-state index contributed by atoms with van der Waals surface area (Å²) in [6.07, 6.45) is 1.98. The SMILES string of the molecule is O=C(O)CC1CCCN1Cc1cc(F)ccc1Cl. The average molecular weight is 272 g/mol. The van der Waals surface area contributed by atoms with E-state index in [0.717, 1.165) is 19.4 Å². The number of nitrogens with zero attached hydrogens (tertiary/aromatic N) is 1. The van der Waals surface area contributed by atoms with Gasteiger partial charge in [-0.3, -0.25) is 9.69 Å². The van der Waals surface area contributed by atoms with Gasteiger partial charge in [0.1, 0.15) is 5.82 Å². The molecule has 1 heterocycles. The monoisotopic (exact) mass is 271 g/mol. The molecule has 1 aliphatic heterocycles. The minimum absolute atomic E-state index is 0.0295. The zero-order valence-electron chi connectivity index (χ0n) is 9.90. The number of carboxylic acid groups (broad SMARTS) is 1. The van der Waals surface area contributed by atoms with Crippen molar-refractivity contribution < 1.29 is 14.3 Å². The molecule has 1 unspecified atom stereocenters. The van der Waals surface area contributed by atoms with Crippen molar-refractivity contribution in [3.05, 3.63) is 34.6 Å². The molecule has 0 bridgehead atoms. The number of halogens is 2. The van der Waals surface area contributed by atoms with Crippen molar-refractivity contribution in [2.24, 2.45) is 0 Å². The summed E-state index contributed by atoms with van der Waals surface area (Å²) in [5.41, 5.74) is 0.717. The lowest BCUT2D eigenvalue weighted by atomic mass is 10.1.